The zero-order valence-corrected chi connectivity index (χ0v) is 12.8. The molecule has 0 atom stereocenters. The van der Waals surface area contributed by atoms with Crippen molar-refractivity contribution in [3.63, 3.8) is 0 Å². The Kier molecular flexibility index (Phi) is 2.99. The Hall–Kier alpha value is -1.69. The summed E-state index contributed by atoms with van der Waals surface area (Å²) in [5.74, 6) is 0.255. The number of ether oxygens (including phenoxy) is 1. The van der Waals surface area contributed by atoms with Crippen LogP contribution in [0.4, 0.5) is 10.7 Å². The van der Waals surface area contributed by atoms with Gasteiger partial charge in [0, 0.05) is 23.3 Å². The zero-order chi connectivity index (χ0) is 15.3. The SMILES string of the molecule is CC(C)(C)OC(=O)Nc1ncc(C2(C3(N)CC3)CC2)cn1. The van der Waals surface area contributed by atoms with Crippen molar-refractivity contribution < 1.29 is 9.53 Å². The second-order valence-corrected chi connectivity index (χ2v) is 7.16. The molecule has 1 aromatic rings. The topological polar surface area (TPSA) is 90.1 Å². The van der Waals surface area contributed by atoms with Gasteiger partial charge in [0.25, 0.3) is 0 Å². The third-order valence-corrected chi connectivity index (χ3v) is 4.31. The van der Waals surface area contributed by atoms with E-state index in [1.807, 2.05) is 20.8 Å². The summed E-state index contributed by atoms with van der Waals surface area (Å²) in [6, 6.07) is 0. The van der Waals surface area contributed by atoms with Gasteiger partial charge in [-0.05, 0) is 52.0 Å². The molecule has 0 bridgehead atoms. The first-order valence-electron chi connectivity index (χ1n) is 7.36. The fourth-order valence-electron chi connectivity index (χ4n) is 2.85. The van der Waals surface area contributed by atoms with Crippen LogP contribution in [0.5, 0.6) is 0 Å². The van der Waals surface area contributed by atoms with E-state index in [1.165, 1.54) is 0 Å². The standard InChI is InChI=1S/C15H22N4O2/c1-13(2,3)21-12(20)19-11-17-8-10(9-18-11)14(4-5-14)15(16)6-7-15/h8-9H,4-7,16H2,1-3H3,(H,17,18,19,20). The molecule has 0 unspecified atom stereocenters. The zero-order valence-electron chi connectivity index (χ0n) is 12.8. The average molecular weight is 290 g/mol. The second-order valence-electron chi connectivity index (χ2n) is 7.16. The number of nitrogens with one attached hydrogen (secondary N) is 1. The lowest BCUT2D eigenvalue weighted by atomic mass is 9.88. The summed E-state index contributed by atoms with van der Waals surface area (Å²) in [5, 5.41) is 2.54. The molecule has 3 rings (SSSR count). The first-order chi connectivity index (χ1) is 9.74. The normalized spacial score (nSPS) is 21.5. The third-order valence-electron chi connectivity index (χ3n) is 4.31. The van der Waals surface area contributed by atoms with E-state index in [-0.39, 0.29) is 16.9 Å². The lowest BCUT2D eigenvalue weighted by Gasteiger charge is -2.22. The molecule has 0 saturated heterocycles. The van der Waals surface area contributed by atoms with Crippen LogP contribution in [0.25, 0.3) is 0 Å². The van der Waals surface area contributed by atoms with Crippen LogP contribution in [0.2, 0.25) is 0 Å². The maximum atomic E-state index is 11.7. The number of rotatable bonds is 3. The van der Waals surface area contributed by atoms with E-state index < -0.39 is 11.7 Å². The quantitative estimate of drug-likeness (QED) is 0.891. The number of carbonyl (C=O) groups is 1. The molecule has 6 nitrogen and oxygen atoms in total. The van der Waals surface area contributed by atoms with Gasteiger partial charge in [-0.1, -0.05) is 0 Å². The van der Waals surface area contributed by atoms with Crippen LogP contribution in [0, 0.1) is 0 Å². The number of anilines is 1. The minimum absolute atomic E-state index is 0.0591. The van der Waals surface area contributed by atoms with Crippen molar-refractivity contribution in [2.45, 2.75) is 63.0 Å². The number of hydrogen-bond acceptors (Lipinski definition) is 5. The van der Waals surface area contributed by atoms with Crippen molar-refractivity contribution in [3.05, 3.63) is 18.0 Å². The Morgan fingerprint density at radius 1 is 1.24 bits per heavy atom. The highest BCUT2D eigenvalue weighted by Crippen LogP contribution is 2.63. The van der Waals surface area contributed by atoms with E-state index in [4.69, 9.17) is 10.5 Å². The summed E-state index contributed by atoms with van der Waals surface area (Å²) in [7, 11) is 0. The van der Waals surface area contributed by atoms with Crippen LogP contribution in [-0.4, -0.2) is 27.2 Å². The maximum Gasteiger partial charge on any atom is 0.414 e. The highest BCUT2D eigenvalue weighted by atomic mass is 16.6. The van der Waals surface area contributed by atoms with Gasteiger partial charge in [-0.25, -0.2) is 14.8 Å². The van der Waals surface area contributed by atoms with Crippen LogP contribution >= 0.6 is 0 Å². The lowest BCUT2D eigenvalue weighted by molar-refractivity contribution is 0.0634. The van der Waals surface area contributed by atoms with Crippen LogP contribution in [-0.2, 0) is 10.2 Å². The molecule has 0 radical (unpaired) electrons. The Bertz CT molecular complexity index is 554. The van der Waals surface area contributed by atoms with Gasteiger partial charge >= 0.3 is 6.09 Å². The number of nitrogens with zero attached hydrogens (tertiary/aromatic N) is 2. The predicted molar refractivity (Wildman–Crippen MR) is 79.0 cm³/mol. The minimum atomic E-state index is -0.547. The van der Waals surface area contributed by atoms with E-state index >= 15 is 0 Å². The molecule has 1 heterocycles. The largest absolute Gasteiger partial charge is 0.444 e. The molecule has 2 saturated carbocycles. The fourth-order valence-corrected chi connectivity index (χ4v) is 2.85. The Labute approximate surface area is 124 Å². The Morgan fingerprint density at radius 2 is 1.81 bits per heavy atom. The lowest BCUT2D eigenvalue weighted by Crippen LogP contribution is -2.37. The van der Waals surface area contributed by atoms with Crippen molar-refractivity contribution in [2.75, 3.05) is 5.32 Å². The van der Waals surface area contributed by atoms with Gasteiger partial charge < -0.3 is 10.5 Å². The fraction of sp³-hybridized carbons (Fsp3) is 0.667. The van der Waals surface area contributed by atoms with Crippen LogP contribution < -0.4 is 11.1 Å². The van der Waals surface area contributed by atoms with Gasteiger partial charge in [0.1, 0.15) is 5.60 Å². The van der Waals surface area contributed by atoms with E-state index in [2.05, 4.69) is 15.3 Å². The Morgan fingerprint density at radius 3 is 2.24 bits per heavy atom. The van der Waals surface area contributed by atoms with E-state index in [0.29, 0.717) is 0 Å². The molecule has 1 aromatic heterocycles. The van der Waals surface area contributed by atoms with Crippen molar-refractivity contribution in [1.82, 2.24) is 9.97 Å². The molecule has 6 heteroatoms. The highest BCUT2D eigenvalue weighted by molar-refractivity contribution is 5.82. The van der Waals surface area contributed by atoms with Crippen molar-refractivity contribution in [3.8, 4) is 0 Å². The Balaban J connectivity index is 1.67. The van der Waals surface area contributed by atoms with Gasteiger partial charge in [0.15, 0.2) is 0 Å². The van der Waals surface area contributed by atoms with E-state index in [9.17, 15) is 4.79 Å². The maximum absolute atomic E-state index is 11.7. The highest BCUT2D eigenvalue weighted by Gasteiger charge is 2.64. The number of hydrogen-bond donors (Lipinski definition) is 2. The first kappa shape index (κ1) is 14.3. The molecule has 3 N–H and O–H groups in total. The molecule has 0 aromatic carbocycles. The summed E-state index contributed by atoms with van der Waals surface area (Å²) in [6.45, 7) is 5.43. The minimum Gasteiger partial charge on any atom is -0.444 e. The molecule has 2 aliphatic carbocycles. The monoisotopic (exact) mass is 290 g/mol. The van der Waals surface area contributed by atoms with Crippen molar-refractivity contribution >= 4 is 12.0 Å². The number of carbonyl (C=O) groups excluding carboxylic acids is 1. The predicted octanol–water partition coefficient (Wildman–Crippen LogP) is 2.35. The summed E-state index contributed by atoms with van der Waals surface area (Å²) in [5.41, 5.74) is 6.91. The van der Waals surface area contributed by atoms with Crippen molar-refractivity contribution in [1.29, 1.82) is 0 Å². The molecular weight excluding hydrogens is 268 g/mol. The van der Waals surface area contributed by atoms with Crippen LogP contribution in [0.1, 0.15) is 52.0 Å². The molecule has 0 aliphatic heterocycles. The summed E-state index contributed by atoms with van der Waals surface area (Å²) in [6.07, 6.45) is 7.36. The van der Waals surface area contributed by atoms with Gasteiger partial charge in [-0.15, -0.1) is 0 Å². The van der Waals surface area contributed by atoms with Gasteiger partial charge in [0.05, 0.1) is 0 Å². The number of amides is 1. The third kappa shape index (κ3) is 2.72. The summed E-state index contributed by atoms with van der Waals surface area (Å²) in [4.78, 5) is 20.1. The molecule has 2 aliphatic rings. The molecule has 2 fully saturated rings. The molecule has 1 amide bonds. The molecular formula is C15H22N4O2. The number of aromatic nitrogens is 2. The van der Waals surface area contributed by atoms with E-state index in [0.717, 1.165) is 31.2 Å². The van der Waals surface area contributed by atoms with Gasteiger partial charge in [-0.2, -0.15) is 0 Å². The van der Waals surface area contributed by atoms with Gasteiger partial charge in [-0.3, -0.25) is 5.32 Å². The summed E-state index contributed by atoms with van der Waals surface area (Å²) >= 11 is 0. The van der Waals surface area contributed by atoms with Gasteiger partial charge in [0.2, 0.25) is 5.95 Å². The second kappa shape index (κ2) is 4.40. The average Bonchev–Trinajstić information content (AvgIpc) is 3.23. The molecule has 0 spiro atoms. The smallest absolute Gasteiger partial charge is 0.414 e. The van der Waals surface area contributed by atoms with Crippen molar-refractivity contribution in [2.24, 2.45) is 5.73 Å². The molecule has 114 valence electrons. The first-order valence-corrected chi connectivity index (χ1v) is 7.36. The summed E-state index contributed by atoms with van der Waals surface area (Å²) < 4.78 is 5.17. The van der Waals surface area contributed by atoms with E-state index in [1.54, 1.807) is 12.4 Å². The number of nitrogens with two attached hydrogens (primary N) is 1. The van der Waals surface area contributed by atoms with Crippen LogP contribution in [0.15, 0.2) is 12.4 Å². The molecule has 21 heavy (non-hydrogen) atoms. The van der Waals surface area contributed by atoms with Crippen LogP contribution in [0.3, 0.4) is 0 Å².